The standard InChI is InChI=1S/C18H22N4O3S/c1-3-11(15(23)19-18-21-20-12(4-2)26-18)22-16(24)13-9-5-6-10(8-7-9)14(13)17(22)25/h5-6,9-11,13-14H,3-4,7-8H2,1-2H3,(H,19,21,23)/t9-,10-,11-,13-,14+/m0/s1. The van der Waals surface area contributed by atoms with Gasteiger partial charge in [-0.25, -0.2) is 0 Å². The van der Waals surface area contributed by atoms with Gasteiger partial charge in [0.25, 0.3) is 0 Å². The van der Waals surface area contributed by atoms with Crippen LogP contribution >= 0.6 is 11.3 Å². The molecule has 0 spiro atoms. The second-order valence-corrected chi connectivity index (χ2v) is 8.22. The van der Waals surface area contributed by atoms with Crippen LogP contribution in [0.25, 0.3) is 0 Å². The molecular weight excluding hydrogens is 352 g/mol. The molecule has 3 amide bonds. The van der Waals surface area contributed by atoms with Crippen LogP contribution in [-0.4, -0.2) is 38.9 Å². The predicted molar refractivity (Wildman–Crippen MR) is 96.2 cm³/mol. The maximum absolute atomic E-state index is 13.0. The van der Waals surface area contributed by atoms with Crippen molar-refractivity contribution in [3.05, 3.63) is 17.2 Å². The van der Waals surface area contributed by atoms with Crippen molar-refractivity contribution in [2.45, 2.75) is 45.6 Å². The van der Waals surface area contributed by atoms with E-state index in [-0.39, 0.29) is 41.4 Å². The van der Waals surface area contributed by atoms with E-state index in [1.54, 1.807) is 0 Å². The predicted octanol–water partition coefficient (Wildman–Crippen LogP) is 2.01. The first-order chi connectivity index (χ1) is 12.5. The number of hydrogen-bond donors (Lipinski definition) is 1. The normalized spacial score (nSPS) is 30.6. The zero-order valence-electron chi connectivity index (χ0n) is 14.8. The number of allylic oxidation sites excluding steroid dienone is 2. The van der Waals surface area contributed by atoms with Crippen LogP contribution in [0.3, 0.4) is 0 Å². The number of carbonyl (C=O) groups is 3. The van der Waals surface area contributed by atoms with Crippen molar-refractivity contribution >= 4 is 34.2 Å². The Morgan fingerprint density at radius 1 is 1.19 bits per heavy atom. The summed E-state index contributed by atoms with van der Waals surface area (Å²) in [5.74, 6) is -1.07. The lowest BCUT2D eigenvalue weighted by atomic mass is 9.63. The van der Waals surface area contributed by atoms with Gasteiger partial charge in [0.05, 0.1) is 11.8 Å². The highest BCUT2D eigenvalue weighted by Crippen LogP contribution is 2.50. The van der Waals surface area contributed by atoms with Crippen LogP contribution in [0.2, 0.25) is 0 Å². The summed E-state index contributed by atoms with van der Waals surface area (Å²) in [5, 5.41) is 11.9. The van der Waals surface area contributed by atoms with Crippen molar-refractivity contribution in [2.24, 2.45) is 23.7 Å². The van der Waals surface area contributed by atoms with Gasteiger partial charge in [0, 0.05) is 0 Å². The van der Waals surface area contributed by atoms with Gasteiger partial charge in [0.1, 0.15) is 11.0 Å². The molecule has 2 heterocycles. The molecule has 1 aromatic rings. The van der Waals surface area contributed by atoms with Gasteiger partial charge in [-0.1, -0.05) is 37.3 Å². The Bertz CT molecular complexity index is 757. The Morgan fingerprint density at radius 3 is 2.27 bits per heavy atom. The summed E-state index contributed by atoms with van der Waals surface area (Å²) >= 11 is 1.31. The lowest BCUT2D eigenvalue weighted by molar-refractivity contribution is -0.146. The second kappa shape index (κ2) is 6.57. The third kappa shape index (κ3) is 2.58. The molecule has 1 aromatic heterocycles. The minimum absolute atomic E-state index is 0.127. The van der Waals surface area contributed by atoms with Crippen molar-refractivity contribution < 1.29 is 14.4 Å². The maximum Gasteiger partial charge on any atom is 0.249 e. The van der Waals surface area contributed by atoms with Crippen molar-refractivity contribution in [3.63, 3.8) is 0 Å². The Kier molecular flexibility index (Phi) is 4.38. The topological polar surface area (TPSA) is 92.3 Å². The molecule has 3 aliphatic carbocycles. The average Bonchev–Trinajstić information content (AvgIpc) is 3.22. The highest BCUT2D eigenvalue weighted by Gasteiger charge is 2.58. The van der Waals surface area contributed by atoms with Gasteiger partial charge in [-0.05, 0) is 37.5 Å². The Balaban J connectivity index is 1.55. The summed E-state index contributed by atoms with van der Waals surface area (Å²) in [6, 6.07) is -0.797. The van der Waals surface area contributed by atoms with E-state index in [0.717, 1.165) is 24.3 Å². The lowest BCUT2D eigenvalue weighted by Crippen LogP contribution is -2.47. The highest BCUT2D eigenvalue weighted by atomic mass is 32.1. The molecule has 5 rings (SSSR count). The number of anilines is 1. The molecule has 1 saturated heterocycles. The summed E-state index contributed by atoms with van der Waals surface area (Å²) in [6.45, 7) is 3.78. The first-order valence-corrected chi connectivity index (χ1v) is 10.0. The van der Waals surface area contributed by atoms with Crippen molar-refractivity contribution in [3.8, 4) is 0 Å². The van der Waals surface area contributed by atoms with E-state index in [4.69, 9.17) is 0 Å². The van der Waals surface area contributed by atoms with E-state index < -0.39 is 6.04 Å². The third-order valence-electron chi connectivity index (χ3n) is 5.79. The molecule has 1 N–H and O–H groups in total. The Morgan fingerprint density at radius 2 is 1.81 bits per heavy atom. The zero-order valence-corrected chi connectivity index (χ0v) is 15.7. The summed E-state index contributed by atoms with van der Waals surface area (Å²) in [7, 11) is 0. The fourth-order valence-electron chi connectivity index (χ4n) is 4.53. The molecule has 0 radical (unpaired) electrons. The van der Waals surface area contributed by atoms with Crippen LogP contribution in [0.15, 0.2) is 12.2 Å². The second-order valence-electron chi connectivity index (χ2n) is 7.16. The van der Waals surface area contributed by atoms with E-state index in [0.29, 0.717) is 11.6 Å². The molecule has 2 fully saturated rings. The molecule has 7 nitrogen and oxygen atoms in total. The van der Waals surface area contributed by atoms with Crippen LogP contribution in [0, 0.1) is 23.7 Å². The van der Waals surface area contributed by atoms with E-state index >= 15 is 0 Å². The quantitative estimate of drug-likeness (QED) is 0.629. The first kappa shape index (κ1) is 17.3. The molecular formula is C18H22N4O3S. The van der Waals surface area contributed by atoms with Crippen molar-refractivity contribution in [2.75, 3.05) is 5.32 Å². The van der Waals surface area contributed by atoms with Gasteiger partial charge < -0.3 is 0 Å². The van der Waals surface area contributed by atoms with Crippen LogP contribution in [-0.2, 0) is 20.8 Å². The van der Waals surface area contributed by atoms with Crippen LogP contribution in [0.1, 0.15) is 38.1 Å². The number of nitrogens with one attached hydrogen (secondary N) is 1. The fraction of sp³-hybridized carbons (Fsp3) is 0.611. The largest absolute Gasteiger partial charge is 0.299 e. The smallest absolute Gasteiger partial charge is 0.249 e. The fourth-order valence-corrected chi connectivity index (χ4v) is 5.21. The number of carbonyl (C=O) groups excluding carboxylic acids is 3. The molecule has 2 bridgehead atoms. The van der Waals surface area contributed by atoms with E-state index in [1.807, 2.05) is 13.8 Å². The minimum atomic E-state index is -0.797. The summed E-state index contributed by atoms with van der Waals surface area (Å²) in [4.78, 5) is 40.0. The van der Waals surface area contributed by atoms with Gasteiger partial charge in [0.15, 0.2) is 0 Å². The number of hydrogen-bond acceptors (Lipinski definition) is 6. The summed E-state index contributed by atoms with van der Waals surface area (Å²) in [5.41, 5.74) is 0. The van der Waals surface area contributed by atoms with E-state index in [2.05, 4.69) is 27.7 Å². The van der Waals surface area contributed by atoms with Crippen LogP contribution in [0.4, 0.5) is 5.13 Å². The molecule has 8 heteroatoms. The maximum atomic E-state index is 13.0. The van der Waals surface area contributed by atoms with Crippen LogP contribution in [0.5, 0.6) is 0 Å². The molecule has 0 unspecified atom stereocenters. The molecule has 0 aromatic carbocycles. The Hall–Kier alpha value is -2.09. The number of aryl methyl sites for hydroxylation is 1. The molecule has 138 valence electrons. The van der Waals surface area contributed by atoms with Crippen molar-refractivity contribution in [1.29, 1.82) is 0 Å². The number of imide groups is 1. The SMILES string of the molecule is CCc1nnc(NC(=O)[C@H](CC)N2C(=O)[C@@H]3[C@H](C2=O)[C@H]2C=C[C@H]3CC2)s1. The summed E-state index contributed by atoms with van der Waals surface area (Å²) < 4.78 is 0. The van der Waals surface area contributed by atoms with E-state index in [1.165, 1.54) is 16.2 Å². The molecule has 1 aliphatic heterocycles. The third-order valence-corrected chi connectivity index (χ3v) is 6.78. The molecule has 5 atom stereocenters. The van der Waals surface area contributed by atoms with Crippen LogP contribution < -0.4 is 5.32 Å². The number of rotatable bonds is 5. The average molecular weight is 374 g/mol. The first-order valence-electron chi connectivity index (χ1n) is 9.23. The minimum Gasteiger partial charge on any atom is -0.299 e. The number of aromatic nitrogens is 2. The Labute approximate surface area is 155 Å². The highest BCUT2D eigenvalue weighted by molar-refractivity contribution is 7.15. The van der Waals surface area contributed by atoms with Gasteiger partial charge in [-0.3, -0.25) is 24.6 Å². The number of fused-ring (bicyclic) bond motifs is 1. The number of nitrogens with zero attached hydrogens (tertiary/aromatic N) is 3. The van der Waals surface area contributed by atoms with Gasteiger partial charge >= 0.3 is 0 Å². The zero-order chi connectivity index (χ0) is 18.4. The number of likely N-dealkylation sites (tertiary alicyclic amines) is 1. The van der Waals surface area contributed by atoms with Crippen molar-refractivity contribution in [1.82, 2.24) is 15.1 Å². The van der Waals surface area contributed by atoms with Gasteiger partial charge in [-0.15, -0.1) is 10.2 Å². The number of amides is 3. The van der Waals surface area contributed by atoms with E-state index in [9.17, 15) is 14.4 Å². The molecule has 4 aliphatic rings. The lowest BCUT2D eigenvalue weighted by Gasteiger charge is -2.38. The van der Waals surface area contributed by atoms with Gasteiger partial charge in [-0.2, -0.15) is 0 Å². The summed E-state index contributed by atoms with van der Waals surface area (Å²) in [6.07, 6.45) is 7.18. The monoisotopic (exact) mass is 374 g/mol. The molecule has 26 heavy (non-hydrogen) atoms. The molecule has 1 saturated carbocycles. The van der Waals surface area contributed by atoms with Gasteiger partial charge in [0.2, 0.25) is 22.9 Å².